The molecule has 0 nitrogen and oxygen atoms in total. The van der Waals surface area contributed by atoms with Crippen LogP contribution in [0.5, 0.6) is 0 Å². The molecule has 2 aliphatic carbocycles. The van der Waals surface area contributed by atoms with Crippen molar-refractivity contribution in [3.63, 3.8) is 0 Å². The highest BCUT2D eigenvalue weighted by atomic mass is 14.3. The van der Waals surface area contributed by atoms with Gasteiger partial charge < -0.3 is 0 Å². The van der Waals surface area contributed by atoms with Gasteiger partial charge in [-0.15, -0.1) is 0 Å². The van der Waals surface area contributed by atoms with Crippen molar-refractivity contribution in [1.29, 1.82) is 0 Å². The summed E-state index contributed by atoms with van der Waals surface area (Å²) in [5, 5.41) is 0. The van der Waals surface area contributed by atoms with Crippen LogP contribution in [0.4, 0.5) is 0 Å². The summed E-state index contributed by atoms with van der Waals surface area (Å²) in [5.74, 6) is 0. The monoisotopic (exact) mass is 540 g/mol. The van der Waals surface area contributed by atoms with E-state index in [0.717, 1.165) is 25.7 Å². The van der Waals surface area contributed by atoms with E-state index in [1.807, 2.05) is 0 Å². The Bertz CT molecular complexity index is 1120. The minimum absolute atomic E-state index is 0.303. The lowest BCUT2D eigenvalue weighted by Crippen LogP contribution is -2.19. The first-order valence-corrected chi connectivity index (χ1v) is 15.9. The number of hydrogen-bond acceptors (Lipinski definition) is 0. The average molecular weight is 541 g/mol. The van der Waals surface area contributed by atoms with Gasteiger partial charge in [0, 0.05) is 0 Å². The summed E-state index contributed by atoms with van der Waals surface area (Å²) in [6, 6.07) is 0. The van der Waals surface area contributed by atoms with Crippen LogP contribution >= 0.6 is 0 Å². The van der Waals surface area contributed by atoms with Crippen molar-refractivity contribution in [3.8, 4) is 0 Å². The smallest absolute Gasteiger partial charge is 0.0104 e. The summed E-state index contributed by atoms with van der Waals surface area (Å²) >= 11 is 0. The molecule has 0 heteroatoms. The van der Waals surface area contributed by atoms with Crippen molar-refractivity contribution in [2.75, 3.05) is 0 Å². The summed E-state index contributed by atoms with van der Waals surface area (Å²) in [5.41, 5.74) is 12.4. The number of unbranched alkanes of at least 4 members (excludes halogenated alkanes) is 1. The molecule has 0 atom stereocenters. The lowest BCUT2D eigenvalue weighted by atomic mass is 9.72. The van der Waals surface area contributed by atoms with Crippen molar-refractivity contribution in [3.05, 3.63) is 105 Å². The van der Waals surface area contributed by atoms with Gasteiger partial charge in [0.25, 0.3) is 0 Å². The summed E-state index contributed by atoms with van der Waals surface area (Å²) < 4.78 is 0. The molecule has 0 aromatic rings. The lowest BCUT2D eigenvalue weighted by molar-refractivity contribution is 0.376. The van der Waals surface area contributed by atoms with Gasteiger partial charge in [-0.25, -0.2) is 0 Å². The third-order valence-electron chi connectivity index (χ3n) is 8.96. The van der Waals surface area contributed by atoms with Crippen LogP contribution in [0.15, 0.2) is 105 Å². The summed E-state index contributed by atoms with van der Waals surface area (Å²) in [7, 11) is 0. The van der Waals surface area contributed by atoms with E-state index in [4.69, 9.17) is 0 Å². The maximum Gasteiger partial charge on any atom is -0.0104 e. The Morgan fingerprint density at radius 3 is 1.65 bits per heavy atom. The fraction of sp³-hybridized carbons (Fsp3) is 0.550. The molecule has 0 spiro atoms. The van der Waals surface area contributed by atoms with Gasteiger partial charge in [-0.1, -0.05) is 122 Å². The molecule has 0 N–H and O–H groups in total. The van der Waals surface area contributed by atoms with Gasteiger partial charge in [0.2, 0.25) is 0 Å². The van der Waals surface area contributed by atoms with Gasteiger partial charge in [0.15, 0.2) is 0 Å². The van der Waals surface area contributed by atoms with E-state index in [1.54, 1.807) is 16.7 Å². The standard InChI is InChI=1S/C40H60/c1-31(19-13-21-33(3)25-27-37-35(5)23-15-29-39(37,7)8)17-11-12-18-32(2)20-14-22-34(4)26-28-38-36(6)24-16-30-40(38,9)10/h13,17-19,21-22,25-28H,11-12,14-16,20,23-24,29-30H2,1-10H3/b19-13+,27-25+,28-26+,31-17+,32-18+,33-21+,34-22+. The maximum atomic E-state index is 2.42. The summed E-state index contributed by atoms with van der Waals surface area (Å²) in [4.78, 5) is 0. The van der Waals surface area contributed by atoms with Crippen LogP contribution in [0, 0.1) is 10.8 Å². The third-order valence-corrected chi connectivity index (χ3v) is 8.96. The first-order valence-electron chi connectivity index (χ1n) is 15.9. The van der Waals surface area contributed by atoms with Crippen molar-refractivity contribution in [2.45, 2.75) is 133 Å². The molecular formula is C40H60. The van der Waals surface area contributed by atoms with Gasteiger partial charge >= 0.3 is 0 Å². The Morgan fingerprint density at radius 2 is 1.10 bits per heavy atom. The van der Waals surface area contributed by atoms with Gasteiger partial charge in [-0.05, 0) is 128 Å². The lowest BCUT2D eigenvalue weighted by Gasteiger charge is -2.33. The summed E-state index contributed by atoms with van der Waals surface area (Å²) in [6.45, 7) is 23.1. The molecule has 2 rings (SSSR count). The van der Waals surface area contributed by atoms with Crippen LogP contribution in [0.1, 0.15) is 133 Å². The average Bonchev–Trinajstić information content (AvgIpc) is 2.85. The van der Waals surface area contributed by atoms with Crippen LogP contribution in [0.25, 0.3) is 0 Å². The highest BCUT2D eigenvalue weighted by molar-refractivity contribution is 5.37. The molecule has 0 aromatic carbocycles. The van der Waals surface area contributed by atoms with Crippen molar-refractivity contribution in [2.24, 2.45) is 10.8 Å². The van der Waals surface area contributed by atoms with Crippen LogP contribution in [0.3, 0.4) is 0 Å². The molecule has 0 saturated carbocycles. The third kappa shape index (κ3) is 11.6. The molecular weight excluding hydrogens is 480 g/mol. The van der Waals surface area contributed by atoms with E-state index in [1.165, 1.54) is 66.4 Å². The van der Waals surface area contributed by atoms with E-state index in [0.29, 0.717) is 10.8 Å². The molecule has 0 aliphatic heterocycles. The normalized spacial score (nSPS) is 21.6. The van der Waals surface area contributed by atoms with Gasteiger partial charge in [0.05, 0.1) is 0 Å². The Kier molecular flexibility index (Phi) is 13.7. The quantitative estimate of drug-likeness (QED) is 0.131. The first-order chi connectivity index (χ1) is 18.8. The molecule has 0 heterocycles. The second kappa shape index (κ2) is 16.2. The minimum atomic E-state index is 0.303. The zero-order valence-electron chi connectivity index (χ0n) is 27.8. The molecule has 0 radical (unpaired) electrons. The highest BCUT2D eigenvalue weighted by Crippen LogP contribution is 2.41. The Balaban J connectivity index is 1.77. The van der Waals surface area contributed by atoms with Crippen LogP contribution in [-0.4, -0.2) is 0 Å². The topological polar surface area (TPSA) is 0 Å². The molecule has 0 aromatic heterocycles. The molecule has 220 valence electrons. The van der Waals surface area contributed by atoms with E-state index in [2.05, 4.69) is 130 Å². The second-order valence-electron chi connectivity index (χ2n) is 13.9. The van der Waals surface area contributed by atoms with E-state index >= 15 is 0 Å². The molecule has 0 saturated heterocycles. The van der Waals surface area contributed by atoms with Gasteiger partial charge in [0.1, 0.15) is 0 Å². The Labute approximate surface area is 249 Å². The molecule has 0 fully saturated rings. The molecule has 40 heavy (non-hydrogen) atoms. The van der Waals surface area contributed by atoms with Crippen LogP contribution < -0.4 is 0 Å². The molecule has 0 bridgehead atoms. The van der Waals surface area contributed by atoms with Crippen molar-refractivity contribution >= 4 is 0 Å². The number of rotatable bonds is 12. The summed E-state index contributed by atoms with van der Waals surface area (Å²) in [6.07, 6.45) is 35.4. The van der Waals surface area contributed by atoms with E-state index < -0.39 is 0 Å². The SMILES string of the molecule is CC1=C(/C=C/C(C)=C/C=C/C(C)=C/CC/C=C(\C)CC/C=C(C)/C=C/C2=C(C)CCCC2(C)C)C(C)(C)CCC1. The largest absolute Gasteiger partial charge is 0.0853 e. The minimum Gasteiger partial charge on any atom is -0.0853 e. The van der Waals surface area contributed by atoms with E-state index in [9.17, 15) is 0 Å². The van der Waals surface area contributed by atoms with Crippen molar-refractivity contribution in [1.82, 2.24) is 0 Å². The van der Waals surface area contributed by atoms with Crippen molar-refractivity contribution < 1.29 is 0 Å². The molecule has 0 unspecified atom stereocenters. The second-order valence-corrected chi connectivity index (χ2v) is 13.9. The predicted molar refractivity (Wildman–Crippen MR) is 182 cm³/mol. The predicted octanol–water partition coefficient (Wildman–Crippen LogP) is 13.1. The van der Waals surface area contributed by atoms with Crippen LogP contribution in [0.2, 0.25) is 0 Å². The zero-order chi connectivity index (χ0) is 29.8. The number of allylic oxidation sites excluding steroid dienone is 18. The fourth-order valence-electron chi connectivity index (χ4n) is 6.26. The fourth-order valence-corrected chi connectivity index (χ4v) is 6.26. The number of hydrogen-bond donors (Lipinski definition) is 0. The zero-order valence-corrected chi connectivity index (χ0v) is 27.8. The van der Waals surface area contributed by atoms with Gasteiger partial charge in [-0.3, -0.25) is 0 Å². The van der Waals surface area contributed by atoms with E-state index in [-0.39, 0.29) is 0 Å². The van der Waals surface area contributed by atoms with Crippen LogP contribution in [-0.2, 0) is 0 Å². The first kappa shape index (κ1) is 33.9. The molecule has 2 aliphatic rings. The Hall–Kier alpha value is -2.34. The Morgan fingerprint density at radius 1 is 0.625 bits per heavy atom. The molecule has 0 amide bonds. The highest BCUT2D eigenvalue weighted by Gasteiger charge is 2.27. The van der Waals surface area contributed by atoms with Gasteiger partial charge in [-0.2, -0.15) is 0 Å². The maximum absolute atomic E-state index is 2.42.